The molecule has 0 unspecified atom stereocenters. The van der Waals surface area contributed by atoms with Crippen molar-refractivity contribution in [3.05, 3.63) is 35.4 Å². The molecule has 6 heteroatoms. The zero-order valence-electron chi connectivity index (χ0n) is 11.4. The maximum atomic E-state index is 13.2. The van der Waals surface area contributed by atoms with Gasteiger partial charge in [0.1, 0.15) is 0 Å². The number of rotatable bonds is 2. The number of carbonyl (C=O) groups is 1. The van der Waals surface area contributed by atoms with Crippen molar-refractivity contribution in [1.82, 2.24) is 0 Å². The summed E-state index contributed by atoms with van der Waals surface area (Å²) in [5.41, 5.74) is -0.125. The summed E-state index contributed by atoms with van der Waals surface area (Å²) < 4.78 is 26.3. The lowest BCUT2D eigenvalue weighted by molar-refractivity contribution is -0.122. The average Bonchev–Trinajstić information content (AvgIpc) is 3.14. The lowest BCUT2D eigenvalue weighted by Crippen LogP contribution is -2.31. The summed E-state index contributed by atoms with van der Waals surface area (Å²) in [5, 5.41) is 13.8. The number of aryl methyl sites for hydroxylation is 1. The second-order valence-corrected chi connectivity index (χ2v) is 3.73. The molecule has 1 N–H and O–H groups in total. The Labute approximate surface area is 111 Å². The maximum Gasteiger partial charge on any atom is 0.297 e. The minimum atomic E-state index is -2.93. The summed E-state index contributed by atoms with van der Waals surface area (Å²) in [6.45, 7) is 6.49. The summed E-state index contributed by atoms with van der Waals surface area (Å²) in [7, 11) is 0. The smallest absolute Gasteiger partial charge is 0.297 e. The second-order valence-electron chi connectivity index (χ2n) is 3.73. The molecule has 0 bridgehead atoms. The van der Waals surface area contributed by atoms with E-state index in [9.17, 15) is 8.78 Å². The molecule has 0 saturated carbocycles. The molecule has 2 rings (SSSR count). The second kappa shape index (κ2) is 6.92. The molecule has 4 nitrogen and oxygen atoms in total. The Morgan fingerprint density at radius 1 is 1.21 bits per heavy atom. The Hall–Kier alpha value is -1.85. The van der Waals surface area contributed by atoms with Crippen molar-refractivity contribution in [3.63, 3.8) is 0 Å². The van der Waals surface area contributed by atoms with Gasteiger partial charge in [-0.15, -0.1) is 10.2 Å². The molecule has 0 spiro atoms. The first-order chi connectivity index (χ1) is 8.87. The van der Waals surface area contributed by atoms with Gasteiger partial charge in [-0.05, 0) is 6.92 Å². The number of alkyl halides is 2. The van der Waals surface area contributed by atoms with E-state index in [4.69, 9.17) is 9.90 Å². The quantitative estimate of drug-likeness (QED) is 0.827. The van der Waals surface area contributed by atoms with E-state index in [1.807, 2.05) is 20.8 Å². The third kappa shape index (κ3) is 4.08. The molecule has 1 aliphatic rings. The average molecular weight is 272 g/mol. The van der Waals surface area contributed by atoms with E-state index >= 15 is 0 Å². The molecule has 0 saturated heterocycles. The van der Waals surface area contributed by atoms with Gasteiger partial charge < -0.3 is 5.11 Å². The van der Waals surface area contributed by atoms with Gasteiger partial charge >= 0.3 is 0 Å². The van der Waals surface area contributed by atoms with Crippen molar-refractivity contribution in [2.45, 2.75) is 39.3 Å². The van der Waals surface area contributed by atoms with Gasteiger partial charge in [0.15, 0.2) is 0 Å². The van der Waals surface area contributed by atoms with Crippen LogP contribution in [0.15, 0.2) is 34.5 Å². The molecule has 0 amide bonds. The normalized spacial score (nSPS) is 14.4. The summed E-state index contributed by atoms with van der Waals surface area (Å²) in [4.78, 5) is 8.36. The van der Waals surface area contributed by atoms with E-state index in [-0.39, 0.29) is 6.47 Å². The fraction of sp³-hybridized carbons (Fsp3) is 0.462. The van der Waals surface area contributed by atoms with Crippen LogP contribution in [0.5, 0.6) is 0 Å². The molecule has 0 fully saturated rings. The van der Waals surface area contributed by atoms with Crippen LogP contribution < -0.4 is 0 Å². The molecule has 1 heterocycles. The molecule has 0 atom stereocenters. The van der Waals surface area contributed by atoms with Crippen LogP contribution in [0.2, 0.25) is 0 Å². The summed E-state index contributed by atoms with van der Waals surface area (Å²) >= 11 is 0. The number of hydrogen-bond donors (Lipinski definition) is 1. The van der Waals surface area contributed by atoms with Crippen LogP contribution in [0.4, 0.5) is 8.78 Å². The van der Waals surface area contributed by atoms with Gasteiger partial charge in [0.25, 0.3) is 18.1 Å². The third-order valence-corrected chi connectivity index (χ3v) is 2.37. The lowest BCUT2D eigenvalue weighted by Gasteiger charge is -2.18. The summed E-state index contributed by atoms with van der Waals surface area (Å²) in [6, 6.07) is 6.86. The topological polar surface area (TPSA) is 62.0 Å². The van der Waals surface area contributed by atoms with Crippen molar-refractivity contribution in [2.24, 2.45) is 10.2 Å². The Balaban J connectivity index is 0.000000573. The van der Waals surface area contributed by atoms with Gasteiger partial charge in [0.05, 0.1) is 0 Å². The van der Waals surface area contributed by atoms with Crippen molar-refractivity contribution >= 4 is 6.47 Å². The van der Waals surface area contributed by atoms with E-state index < -0.39 is 11.6 Å². The van der Waals surface area contributed by atoms with Crippen molar-refractivity contribution in [1.29, 1.82) is 0 Å². The molecule has 0 radical (unpaired) electrons. The van der Waals surface area contributed by atoms with Crippen LogP contribution in [-0.2, 0) is 10.5 Å². The minimum Gasteiger partial charge on any atom is -0.483 e. The number of carboxylic acid groups (broad SMARTS) is 1. The Morgan fingerprint density at radius 2 is 1.58 bits per heavy atom. The van der Waals surface area contributed by atoms with E-state index in [0.717, 1.165) is 12.5 Å². The molecule has 1 aromatic rings. The van der Waals surface area contributed by atoms with E-state index in [1.165, 1.54) is 0 Å². The maximum absolute atomic E-state index is 13.2. The van der Waals surface area contributed by atoms with Gasteiger partial charge in [-0.2, -0.15) is 0 Å². The molecular weight excluding hydrogens is 254 g/mol. The van der Waals surface area contributed by atoms with Crippen LogP contribution in [0.3, 0.4) is 0 Å². The predicted molar refractivity (Wildman–Crippen MR) is 68.4 cm³/mol. The van der Waals surface area contributed by atoms with Gasteiger partial charge in [-0.1, -0.05) is 43.7 Å². The number of halogens is 2. The molecule has 0 aliphatic carbocycles. The zero-order valence-corrected chi connectivity index (χ0v) is 11.4. The first-order valence-electron chi connectivity index (χ1n) is 5.84. The molecule has 106 valence electrons. The highest BCUT2D eigenvalue weighted by Gasteiger charge is 2.60. The fourth-order valence-corrected chi connectivity index (χ4v) is 1.38. The van der Waals surface area contributed by atoms with Crippen LogP contribution in [-0.4, -0.2) is 17.5 Å². The molecule has 1 aromatic carbocycles. The molecule has 1 aliphatic heterocycles. The Bertz CT molecular complexity index is 419. The van der Waals surface area contributed by atoms with Crippen LogP contribution in [0, 0.1) is 6.92 Å². The Kier molecular flexibility index (Phi) is 6.24. The third-order valence-electron chi connectivity index (χ3n) is 2.37. The summed E-state index contributed by atoms with van der Waals surface area (Å²) in [6.07, 6.45) is 0. The highest BCUT2D eigenvalue weighted by Crippen LogP contribution is 2.51. The lowest BCUT2D eigenvalue weighted by atomic mass is 9.97. The standard InChI is InChI=1S/C10H10F2N2.C2H6.CH2O2/c1-7-3-5-8(6-4-7)10(13-14-10)9(2,11)12;1-2;2-1-3/h3-6H,1-2H3;1-2H3;1H,(H,2,3). The van der Waals surface area contributed by atoms with Crippen molar-refractivity contribution in [2.75, 3.05) is 0 Å². The monoisotopic (exact) mass is 272 g/mol. The van der Waals surface area contributed by atoms with Gasteiger partial charge in [0.2, 0.25) is 0 Å². The first-order valence-corrected chi connectivity index (χ1v) is 5.84. The van der Waals surface area contributed by atoms with Crippen LogP contribution in [0.25, 0.3) is 0 Å². The van der Waals surface area contributed by atoms with E-state index in [0.29, 0.717) is 5.56 Å². The van der Waals surface area contributed by atoms with E-state index in [1.54, 1.807) is 24.3 Å². The summed E-state index contributed by atoms with van der Waals surface area (Å²) in [5.74, 6) is -2.93. The first kappa shape index (κ1) is 17.2. The van der Waals surface area contributed by atoms with Gasteiger partial charge in [-0.25, -0.2) is 8.78 Å². The highest BCUT2D eigenvalue weighted by atomic mass is 19.3. The Morgan fingerprint density at radius 3 is 1.84 bits per heavy atom. The largest absolute Gasteiger partial charge is 0.483 e. The fourth-order valence-electron chi connectivity index (χ4n) is 1.38. The van der Waals surface area contributed by atoms with Crippen LogP contribution >= 0.6 is 0 Å². The minimum absolute atomic E-state index is 0.250. The van der Waals surface area contributed by atoms with E-state index in [2.05, 4.69) is 10.2 Å². The number of hydrogen-bond acceptors (Lipinski definition) is 3. The van der Waals surface area contributed by atoms with Gasteiger partial charge in [0, 0.05) is 12.5 Å². The highest BCUT2D eigenvalue weighted by molar-refractivity contribution is 5.33. The number of benzene rings is 1. The predicted octanol–water partition coefficient (Wildman–Crippen LogP) is 4.00. The SMILES string of the molecule is CC.Cc1ccc(C2(C(C)(F)F)N=N2)cc1.O=CO. The van der Waals surface area contributed by atoms with Gasteiger partial charge in [-0.3, -0.25) is 4.79 Å². The van der Waals surface area contributed by atoms with Crippen molar-refractivity contribution in [3.8, 4) is 0 Å². The zero-order chi connectivity index (χ0) is 15.1. The van der Waals surface area contributed by atoms with Crippen molar-refractivity contribution < 1.29 is 18.7 Å². The van der Waals surface area contributed by atoms with Crippen LogP contribution in [0.1, 0.15) is 31.9 Å². The molecule has 19 heavy (non-hydrogen) atoms. The number of nitrogens with zero attached hydrogens (tertiary/aromatic N) is 2. The molecular formula is C13H18F2N2O2. The molecule has 0 aromatic heterocycles.